The third-order valence-corrected chi connectivity index (χ3v) is 3.64. The van der Waals surface area contributed by atoms with Crippen LogP contribution in [0.3, 0.4) is 0 Å². The molecule has 1 aromatic rings. The van der Waals surface area contributed by atoms with Crippen molar-refractivity contribution in [1.29, 1.82) is 0 Å². The molecule has 0 atom stereocenters. The van der Waals surface area contributed by atoms with Gasteiger partial charge in [0.1, 0.15) is 11.2 Å². The Morgan fingerprint density at radius 3 is 2.56 bits per heavy atom. The van der Waals surface area contributed by atoms with Crippen molar-refractivity contribution in [3.05, 3.63) is 28.5 Å². The molecule has 0 spiro atoms. The van der Waals surface area contributed by atoms with Crippen LogP contribution in [0.25, 0.3) is 0 Å². The second kappa shape index (κ2) is 4.35. The third-order valence-electron chi connectivity index (χ3n) is 3.14. The molecule has 1 aliphatic carbocycles. The summed E-state index contributed by atoms with van der Waals surface area (Å²) in [6.07, 6.45) is 0.613. The van der Waals surface area contributed by atoms with Crippen molar-refractivity contribution >= 4 is 33.5 Å². The molecule has 18 heavy (non-hydrogen) atoms. The summed E-state index contributed by atoms with van der Waals surface area (Å²) in [5.74, 6) is -2.28. The van der Waals surface area contributed by atoms with Gasteiger partial charge >= 0.3 is 5.97 Å². The third kappa shape index (κ3) is 2.01. The SMILES string of the molecule is CN(C(=O)C1(C(=O)O)CC1)c1cc(Br)ccc1F. The normalized spacial score (nSPS) is 16.2. The van der Waals surface area contributed by atoms with Gasteiger partial charge in [0, 0.05) is 11.5 Å². The lowest BCUT2D eigenvalue weighted by molar-refractivity contribution is -0.148. The molecule has 0 aliphatic heterocycles. The monoisotopic (exact) mass is 315 g/mol. The number of rotatable bonds is 3. The van der Waals surface area contributed by atoms with Crippen LogP contribution in [-0.2, 0) is 9.59 Å². The topological polar surface area (TPSA) is 57.6 Å². The molecule has 1 amide bonds. The Morgan fingerprint density at radius 2 is 2.06 bits per heavy atom. The highest BCUT2D eigenvalue weighted by Crippen LogP contribution is 2.48. The Hall–Kier alpha value is -1.43. The average Bonchev–Trinajstić information content (AvgIpc) is 3.11. The molecule has 6 heteroatoms. The van der Waals surface area contributed by atoms with Crippen LogP contribution in [0.15, 0.2) is 22.7 Å². The summed E-state index contributed by atoms with van der Waals surface area (Å²) in [5.41, 5.74) is -1.29. The maximum atomic E-state index is 13.6. The van der Waals surface area contributed by atoms with Gasteiger partial charge in [-0.3, -0.25) is 9.59 Å². The molecule has 0 radical (unpaired) electrons. The minimum Gasteiger partial charge on any atom is -0.480 e. The first-order valence-corrected chi connectivity index (χ1v) is 6.14. The summed E-state index contributed by atoms with van der Waals surface area (Å²) in [7, 11) is 1.39. The maximum Gasteiger partial charge on any atom is 0.319 e. The number of carbonyl (C=O) groups is 2. The highest BCUT2D eigenvalue weighted by Gasteiger charge is 2.58. The van der Waals surface area contributed by atoms with Crippen LogP contribution in [0.5, 0.6) is 0 Å². The summed E-state index contributed by atoms with van der Waals surface area (Å²) >= 11 is 3.19. The summed E-state index contributed by atoms with van der Waals surface area (Å²) in [6.45, 7) is 0. The second-order valence-corrected chi connectivity index (χ2v) is 5.26. The zero-order valence-corrected chi connectivity index (χ0v) is 11.2. The molecule has 1 aliphatic rings. The molecule has 4 nitrogen and oxygen atoms in total. The van der Waals surface area contributed by atoms with E-state index in [1.807, 2.05) is 0 Å². The fourth-order valence-corrected chi connectivity index (χ4v) is 2.17. The fourth-order valence-electron chi connectivity index (χ4n) is 1.82. The number of anilines is 1. The van der Waals surface area contributed by atoms with Crippen LogP contribution in [0.1, 0.15) is 12.8 Å². The molecule has 1 fully saturated rings. The molecular weight excluding hydrogens is 305 g/mol. The van der Waals surface area contributed by atoms with Gasteiger partial charge in [0.2, 0.25) is 5.91 Å². The van der Waals surface area contributed by atoms with Crippen LogP contribution in [0.4, 0.5) is 10.1 Å². The molecule has 0 unspecified atom stereocenters. The van der Waals surface area contributed by atoms with Crippen molar-refractivity contribution in [1.82, 2.24) is 0 Å². The smallest absolute Gasteiger partial charge is 0.319 e. The van der Waals surface area contributed by atoms with Crippen LogP contribution >= 0.6 is 15.9 Å². The standard InChI is InChI=1S/C12H11BrFNO3/c1-15(9-6-7(13)2-3-8(9)14)10(16)12(4-5-12)11(17)18/h2-3,6H,4-5H2,1H3,(H,17,18). The van der Waals surface area contributed by atoms with Crippen LogP contribution in [0, 0.1) is 11.2 Å². The summed E-state index contributed by atoms with van der Waals surface area (Å²) in [6, 6.07) is 4.19. The van der Waals surface area contributed by atoms with Crippen molar-refractivity contribution in [2.45, 2.75) is 12.8 Å². The van der Waals surface area contributed by atoms with E-state index in [1.54, 1.807) is 0 Å². The molecule has 0 aromatic heterocycles. The van der Waals surface area contributed by atoms with Gasteiger partial charge in [-0.1, -0.05) is 15.9 Å². The minimum absolute atomic E-state index is 0.0712. The van der Waals surface area contributed by atoms with Gasteiger partial charge < -0.3 is 10.0 Å². The van der Waals surface area contributed by atoms with Gasteiger partial charge in [-0.2, -0.15) is 0 Å². The zero-order valence-electron chi connectivity index (χ0n) is 9.61. The Bertz CT molecular complexity index is 528. The quantitative estimate of drug-likeness (QED) is 0.871. The first-order valence-electron chi connectivity index (χ1n) is 5.35. The molecule has 0 heterocycles. The molecule has 96 valence electrons. The van der Waals surface area contributed by atoms with Crippen molar-refractivity contribution < 1.29 is 19.1 Å². The molecule has 0 bridgehead atoms. The molecule has 1 N–H and O–H groups in total. The highest BCUT2D eigenvalue weighted by molar-refractivity contribution is 9.10. The van der Waals surface area contributed by atoms with Gasteiger partial charge in [-0.25, -0.2) is 4.39 Å². The van der Waals surface area contributed by atoms with Crippen LogP contribution in [-0.4, -0.2) is 24.0 Å². The number of carboxylic acid groups (broad SMARTS) is 1. The predicted molar refractivity (Wildman–Crippen MR) is 66.8 cm³/mol. The zero-order chi connectivity index (χ0) is 13.5. The first-order chi connectivity index (χ1) is 8.38. The number of carboxylic acids is 1. The number of carbonyl (C=O) groups excluding carboxylic acids is 1. The Labute approximate surface area is 112 Å². The summed E-state index contributed by atoms with van der Waals surface area (Å²) in [5, 5.41) is 9.04. The lowest BCUT2D eigenvalue weighted by atomic mass is 10.1. The van der Waals surface area contributed by atoms with Crippen molar-refractivity contribution in [3.8, 4) is 0 Å². The number of nitrogens with zero attached hydrogens (tertiary/aromatic N) is 1. The van der Waals surface area contributed by atoms with Gasteiger partial charge in [-0.05, 0) is 31.0 Å². The van der Waals surface area contributed by atoms with E-state index in [-0.39, 0.29) is 5.69 Å². The Kier molecular flexibility index (Phi) is 3.14. The highest BCUT2D eigenvalue weighted by atomic mass is 79.9. The van der Waals surface area contributed by atoms with E-state index in [9.17, 15) is 14.0 Å². The number of aliphatic carboxylic acids is 1. The summed E-state index contributed by atoms with van der Waals surface area (Å²) < 4.78 is 14.3. The van der Waals surface area contributed by atoms with E-state index < -0.39 is 23.1 Å². The van der Waals surface area contributed by atoms with Crippen molar-refractivity contribution in [3.63, 3.8) is 0 Å². The average molecular weight is 316 g/mol. The minimum atomic E-state index is -1.36. The van der Waals surface area contributed by atoms with E-state index in [4.69, 9.17) is 5.11 Å². The lowest BCUT2D eigenvalue weighted by Gasteiger charge is -2.21. The largest absolute Gasteiger partial charge is 0.480 e. The molecule has 2 rings (SSSR count). The maximum absolute atomic E-state index is 13.6. The van der Waals surface area contributed by atoms with Gasteiger partial charge in [0.15, 0.2) is 0 Å². The number of halogens is 2. The Balaban J connectivity index is 2.32. The summed E-state index contributed by atoms with van der Waals surface area (Å²) in [4.78, 5) is 24.2. The molecular formula is C12H11BrFNO3. The first kappa shape index (κ1) is 13.0. The van der Waals surface area contributed by atoms with E-state index in [1.165, 1.54) is 25.2 Å². The van der Waals surface area contributed by atoms with Gasteiger partial charge in [0.05, 0.1) is 5.69 Å². The van der Waals surface area contributed by atoms with Crippen LogP contribution in [0.2, 0.25) is 0 Å². The van der Waals surface area contributed by atoms with E-state index in [2.05, 4.69) is 15.9 Å². The fraction of sp³-hybridized carbons (Fsp3) is 0.333. The number of hydrogen-bond donors (Lipinski definition) is 1. The van der Waals surface area contributed by atoms with Gasteiger partial charge in [-0.15, -0.1) is 0 Å². The Morgan fingerprint density at radius 1 is 1.44 bits per heavy atom. The number of hydrogen-bond acceptors (Lipinski definition) is 2. The second-order valence-electron chi connectivity index (χ2n) is 4.35. The van der Waals surface area contributed by atoms with Crippen molar-refractivity contribution in [2.75, 3.05) is 11.9 Å². The van der Waals surface area contributed by atoms with Crippen LogP contribution < -0.4 is 4.90 Å². The molecule has 1 aromatic carbocycles. The van der Waals surface area contributed by atoms with Crippen molar-refractivity contribution in [2.24, 2.45) is 5.41 Å². The van der Waals surface area contributed by atoms with E-state index in [0.29, 0.717) is 17.3 Å². The number of benzene rings is 1. The van der Waals surface area contributed by atoms with E-state index >= 15 is 0 Å². The lowest BCUT2D eigenvalue weighted by Crippen LogP contribution is -2.39. The van der Waals surface area contributed by atoms with E-state index in [0.717, 1.165) is 4.90 Å². The number of amides is 1. The molecule has 1 saturated carbocycles. The molecule has 0 saturated heterocycles. The van der Waals surface area contributed by atoms with Gasteiger partial charge in [0.25, 0.3) is 0 Å². The predicted octanol–water partition coefficient (Wildman–Crippen LogP) is 2.42.